The molecule has 1 saturated heterocycles. The quantitative estimate of drug-likeness (QED) is 0.270. The van der Waals surface area contributed by atoms with Crippen LogP contribution >= 0.6 is 24.0 Å². The van der Waals surface area contributed by atoms with Gasteiger partial charge in [-0.3, -0.25) is 4.99 Å². The number of guanidine groups is 1. The summed E-state index contributed by atoms with van der Waals surface area (Å²) in [4.78, 5) is 18.1. The van der Waals surface area contributed by atoms with E-state index in [4.69, 9.17) is 9.47 Å². The molecule has 0 aromatic carbocycles. The fourth-order valence-electron chi connectivity index (χ4n) is 2.53. The number of aliphatic imine (C=N–C) groups is 1. The average Bonchev–Trinajstić information content (AvgIpc) is 2.53. The van der Waals surface area contributed by atoms with Crippen LogP contribution in [0.15, 0.2) is 4.99 Å². The number of hydrogen-bond donors (Lipinski definition) is 2. The zero-order valence-electron chi connectivity index (χ0n) is 16.3. The maximum absolute atomic E-state index is 12.1. The SMILES string of the molecule is CN=C(NCCCOC)NCC1CCN(C(=O)OC(C)(C)C)CC1.I. The van der Waals surface area contributed by atoms with Gasteiger partial charge in [0.15, 0.2) is 5.96 Å². The van der Waals surface area contributed by atoms with Gasteiger partial charge in [-0.2, -0.15) is 0 Å². The summed E-state index contributed by atoms with van der Waals surface area (Å²) in [5.74, 6) is 1.36. The number of ether oxygens (including phenoxy) is 2. The molecule has 148 valence electrons. The lowest BCUT2D eigenvalue weighted by atomic mass is 9.97. The van der Waals surface area contributed by atoms with Gasteiger partial charge in [0, 0.05) is 46.9 Å². The Balaban J connectivity index is 0.00000576. The van der Waals surface area contributed by atoms with E-state index >= 15 is 0 Å². The molecule has 25 heavy (non-hydrogen) atoms. The molecule has 0 aromatic rings. The maximum atomic E-state index is 12.1. The monoisotopic (exact) mass is 470 g/mol. The van der Waals surface area contributed by atoms with Crippen LogP contribution in [0.1, 0.15) is 40.0 Å². The van der Waals surface area contributed by atoms with Crippen molar-refractivity contribution in [3.63, 3.8) is 0 Å². The third-order valence-corrected chi connectivity index (χ3v) is 3.87. The van der Waals surface area contributed by atoms with Gasteiger partial charge in [-0.15, -0.1) is 24.0 Å². The van der Waals surface area contributed by atoms with Crippen molar-refractivity contribution in [1.82, 2.24) is 15.5 Å². The normalized spacial score (nSPS) is 16.2. The second kappa shape index (κ2) is 12.6. The molecule has 0 aliphatic carbocycles. The molecule has 0 radical (unpaired) electrons. The molecule has 1 amide bonds. The summed E-state index contributed by atoms with van der Waals surface area (Å²) in [7, 11) is 3.48. The Labute approximate surface area is 169 Å². The van der Waals surface area contributed by atoms with Gasteiger partial charge in [0.2, 0.25) is 0 Å². The number of rotatable bonds is 6. The zero-order chi connectivity index (χ0) is 18.0. The van der Waals surface area contributed by atoms with Gasteiger partial charge in [-0.05, 0) is 46.0 Å². The summed E-state index contributed by atoms with van der Waals surface area (Å²) in [6.45, 7) is 9.64. The minimum atomic E-state index is -0.434. The highest BCUT2D eigenvalue weighted by Crippen LogP contribution is 2.19. The van der Waals surface area contributed by atoms with Crippen molar-refractivity contribution in [2.45, 2.75) is 45.6 Å². The lowest BCUT2D eigenvalue weighted by molar-refractivity contribution is 0.0185. The van der Waals surface area contributed by atoms with E-state index in [1.165, 1.54) is 0 Å². The molecule has 0 atom stereocenters. The van der Waals surface area contributed by atoms with Gasteiger partial charge in [0.25, 0.3) is 0 Å². The van der Waals surface area contributed by atoms with E-state index in [9.17, 15) is 4.79 Å². The molecule has 0 spiro atoms. The summed E-state index contributed by atoms with van der Waals surface area (Å²) in [5.41, 5.74) is -0.434. The van der Waals surface area contributed by atoms with E-state index in [1.807, 2.05) is 20.8 Å². The van der Waals surface area contributed by atoms with Crippen molar-refractivity contribution >= 4 is 36.0 Å². The smallest absolute Gasteiger partial charge is 0.410 e. The third kappa shape index (κ3) is 10.7. The van der Waals surface area contributed by atoms with Crippen LogP contribution in [0.2, 0.25) is 0 Å². The van der Waals surface area contributed by atoms with Crippen molar-refractivity contribution in [2.24, 2.45) is 10.9 Å². The van der Waals surface area contributed by atoms with Gasteiger partial charge in [0.05, 0.1) is 0 Å². The number of carbonyl (C=O) groups excluding carboxylic acids is 1. The Morgan fingerprint density at radius 3 is 2.40 bits per heavy atom. The van der Waals surface area contributed by atoms with Crippen LogP contribution in [0.4, 0.5) is 4.79 Å². The van der Waals surface area contributed by atoms with Gasteiger partial charge < -0.3 is 25.0 Å². The number of likely N-dealkylation sites (tertiary alicyclic amines) is 1. The van der Waals surface area contributed by atoms with Crippen LogP contribution in [-0.2, 0) is 9.47 Å². The molecule has 1 aliphatic heterocycles. The van der Waals surface area contributed by atoms with Crippen molar-refractivity contribution in [2.75, 3.05) is 46.9 Å². The van der Waals surface area contributed by atoms with Crippen LogP contribution in [0.25, 0.3) is 0 Å². The van der Waals surface area contributed by atoms with Gasteiger partial charge >= 0.3 is 6.09 Å². The number of piperidine rings is 1. The first-order chi connectivity index (χ1) is 11.4. The Morgan fingerprint density at radius 2 is 1.88 bits per heavy atom. The van der Waals surface area contributed by atoms with Crippen LogP contribution in [0.5, 0.6) is 0 Å². The van der Waals surface area contributed by atoms with Crippen molar-refractivity contribution in [3.05, 3.63) is 0 Å². The highest BCUT2D eigenvalue weighted by molar-refractivity contribution is 14.0. The predicted molar refractivity (Wildman–Crippen MR) is 112 cm³/mol. The number of methoxy groups -OCH3 is 1. The molecule has 0 aromatic heterocycles. The minimum Gasteiger partial charge on any atom is -0.444 e. The highest BCUT2D eigenvalue weighted by atomic mass is 127. The maximum Gasteiger partial charge on any atom is 0.410 e. The van der Waals surface area contributed by atoms with Crippen LogP contribution in [0.3, 0.4) is 0 Å². The van der Waals surface area contributed by atoms with Crippen LogP contribution in [-0.4, -0.2) is 69.5 Å². The number of nitrogens with one attached hydrogen (secondary N) is 2. The summed E-state index contributed by atoms with van der Waals surface area (Å²) < 4.78 is 10.5. The van der Waals surface area contributed by atoms with E-state index < -0.39 is 5.60 Å². The lowest BCUT2D eigenvalue weighted by Gasteiger charge is -2.33. The Kier molecular flexibility index (Phi) is 12.2. The molecular formula is C17H35IN4O3. The van der Waals surface area contributed by atoms with E-state index in [2.05, 4.69) is 15.6 Å². The first kappa shape index (κ1) is 24.2. The molecule has 0 bridgehead atoms. The predicted octanol–water partition coefficient (Wildman–Crippen LogP) is 2.45. The number of carbonyl (C=O) groups is 1. The summed E-state index contributed by atoms with van der Waals surface area (Å²) >= 11 is 0. The number of hydrogen-bond acceptors (Lipinski definition) is 4. The lowest BCUT2D eigenvalue weighted by Crippen LogP contribution is -2.45. The van der Waals surface area contributed by atoms with Crippen LogP contribution in [0, 0.1) is 5.92 Å². The molecular weight excluding hydrogens is 435 g/mol. The summed E-state index contributed by atoms with van der Waals surface area (Å²) in [6.07, 6.45) is 2.70. The summed E-state index contributed by atoms with van der Waals surface area (Å²) in [6, 6.07) is 0. The first-order valence-corrected chi connectivity index (χ1v) is 8.77. The number of nitrogens with zero attached hydrogens (tertiary/aromatic N) is 2. The summed E-state index contributed by atoms with van der Waals surface area (Å²) in [5, 5.41) is 6.63. The van der Waals surface area contributed by atoms with Gasteiger partial charge in [-0.25, -0.2) is 4.79 Å². The number of amides is 1. The molecule has 1 fully saturated rings. The van der Waals surface area contributed by atoms with Crippen molar-refractivity contribution in [3.8, 4) is 0 Å². The van der Waals surface area contributed by atoms with E-state index in [1.54, 1.807) is 19.1 Å². The van der Waals surface area contributed by atoms with E-state index in [-0.39, 0.29) is 30.1 Å². The Bertz CT molecular complexity index is 405. The third-order valence-electron chi connectivity index (χ3n) is 3.87. The molecule has 0 saturated carbocycles. The first-order valence-electron chi connectivity index (χ1n) is 8.77. The molecule has 1 heterocycles. The molecule has 7 nitrogen and oxygen atoms in total. The second-order valence-electron chi connectivity index (χ2n) is 7.14. The average molecular weight is 470 g/mol. The molecule has 1 aliphatic rings. The fraction of sp³-hybridized carbons (Fsp3) is 0.882. The van der Waals surface area contributed by atoms with Crippen molar-refractivity contribution < 1.29 is 14.3 Å². The highest BCUT2D eigenvalue weighted by Gasteiger charge is 2.26. The molecule has 2 N–H and O–H groups in total. The van der Waals surface area contributed by atoms with E-state index in [0.717, 1.165) is 58.0 Å². The van der Waals surface area contributed by atoms with Gasteiger partial charge in [0.1, 0.15) is 5.60 Å². The van der Waals surface area contributed by atoms with Gasteiger partial charge in [-0.1, -0.05) is 0 Å². The van der Waals surface area contributed by atoms with E-state index in [0.29, 0.717) is 5.92 Å². The second-order valence-corrected chi connectivity index (χ2v) is 7.14. The molecule has 1 rings (SSSR count). The zero-order valence-corrected chi connectivity index (χ0v) is 18.6. The number of halogens is 1. The van der Waals surface area contributed by atoms with Crippen molar-refractivity contribution in [1.29, 1.82) is 0 Å². The minimum absolute atomic E-state index is 0. The standard InChI is InChI=1S/C17H34N4O3.HI/c1-17(2,3)24-16(22)21-10-7-14(8-11-21)13-20-15(18-4)19-9-6-12-23-5;/h14H,6-13H2,1-5H3,(H2,18,19,20);1H. The van der Waals surface area contributed by atoms with Crippen LogP contribution < -0.4 is 10.6 Å². The Hall–Kier alpha value is -0.770. The molecule has 0 unspecified atom stereocenters. The topological polar surface area (TPSA) is 75.2 Å². The fourth-order valence-corrected chi connectivity index (χ4v) is 2.53. The Morgan fingerprint density at radius 1 is 1.24 bits per heavy atom. The largest absolute Gasteiger partial charge is 0.444 e. The molecule has 8 heteroatoms.